The van der Waals surface area contributed by atoms with Gasteiger partial charge in [-0.15, -0.1) is 11.8 Å². The third-order valence-electron chi connectivity index (χ3n) is 4.02. The lowest BCUT2D eigenvalue weighted by molar-refractivity contribution is 0.102. The van der Waals surface area contributed by atoms with Crippen molar-refractivity contribution in [3.63, 3.8) is 0 Å². The van der Waals surface area contributed by atoms with Crippen LogP contribution in [0.1, 0.15) is 22.8 Å². The second kappa shape index (κ2) is 10.3. The predicted octanol–water partition coefficient (Wildman–Crippen LogP) is 7.59. The lowest BCUT2D eigenvalue weighted by atomic mass is 10.1. The first-order valence-electron chi connectivity index (χ1n) is 8.87. The average molecular weight is 467 g/mol. The van der Waals surface area contributed by atoms with Crippen molar-refractivity contribution in [3.05, 3.63) is 86.9 Å². The second-order valence-corrected chi connectivity index (χ2v) is 8.33. The van der Waals surface area contributed by atoms with E-state index in [1.165, 1.54) is 12.1 Å². The maximum Gasteiger partial charge on any atom is 0.255 e. The fourth-order valence-electron chi connectivity index (χ4n) is 2.62. The first-order chi connectivity index (χ1) is 14.0. The second-order valence-electron chi connectivity index (χ2n) is 6.06. The molecular weight excluding hydrogens is 449 g/mol. The minimum atomic E-state index is -0.292. The number of nitrogens with one attached hydrogen (secondary N) is 1. The highest BCUT2D eigenvalue weighted by Crippen LogP contribution is 2.33. The van der Waals surface area contributed by atoms with Gasteiger partial charge >= 0.3 is 0 Å². The van der Waals surface area contributed by atoms with Gasteiger partial charge in [0.2, 0.25) is 0 Å². The molecule has 0 aliphatic heterocycles. The van der Waals surface area contributed by atoms with Crippen LogP contribution < -0.4 is 10.1 Å². The molecule has 0 heterocycles. The molecule has 7 heteroatoms. The Bertz CT molecular complexity index is 1010. The Morgan fingerprint density at radius 3 is 2.41 bits per heavy atom. The summed E-state index contributed by atoms with van der Waals surface area (Å²) in [5.41, 5.74) is 1.84. The number of anilines is 1. The lowest BCUT2D eigenvalue weighted by Crippen LogP contribution is -2.13. The van der Waals surface area contributed by atoms with Gasteiger partial charge in [-0.3, -0.25) is 4.79 Å². The summed E-state index contributed by atoms with van der Waals surface area (Å²) in [6, 6.07) is 18.5. The van der Waals surface area contributed by atoms with E-state index in [4.69, 9.17) is 39.5 Å². The highest BCUT2D eigenvalue weighted by Gasteiger charge is 2.14. The molecule has 0 aliphatic carbocycles. The summed E-state index contributed by atoms with van der Waals surface area (Å²) in [5.74, 6) is 1.15. The fourth-order valence-corrected chi connectivity index (χ4v) is 4.11. The van der Waals surface area contributed by atoms with Crippen molar-refractivity contribution in [1.29, 1.82) is 0 Å². The Balaban J connectivity index is 1.81. The zero-order valence-electron chi connectivity index (χ0n) is 15.5. The molecule has 150 valence electrons. The summed E-state index contributed by atoms with van der Waals surface area (Å²) < 4.78 is 5.73. The quantitative estimate of drug-likeness (QED) is 0.288. The molecule has 3 aromatic rings. The minimum Gasteiger partial charge on any atom is -0.494 e. The van der Waals surface area contributed by atoms with Crippen LogP contribution in [0.4, 0.5) is 5.69 Å². The summed E-state index contributed by atoms with van der Waals surface area (Å²) in [4.78, 5) is 13.9. The van der Waals surface area contributed by atoms with Gasteiger partial charge in [0.1, 0.15) is 5.75 Å². The van der Waals surface area contributed by atoms with E-state index in [2.05, 4.69) is 5.32 Å². The first-order valence-corrected chi connectivity index (χ1v) is 11.0. The minimum absolute atomic E-state index is 0.292. The average Bonchev–Trinajstić information content (AvgIpc) is 2.72. The third-order valence-corrected chi connectivity index (χ3v) is 6.11. The van der Waals surface area contributed by atoms with Crippen LogP contribution >= 0.6 is 46.6 Å². The van der Waals surface area contributed by atoms with E-state index in [9.17, 15) is 4.79 Å². The van der Waals surface area contributed by atoms with Crippen LogP contribution in [0.15, 0.2) is 65.6 Å². The molecule has 0 aromatic heterocycles. The Hall–Kier alpha value is -1.85. The summed E-state index contributed by atoms with van der Waals surface area (Å²) in [7, 11) is 0. The molecule has 0 bridgehead atoms. The van der Waals surface area contributed by atoms with Crippen LogP contribution in [0.3, 0.4) is 0 Å². The van der Waals surface area contributed by atoms with Gasteiger partial charge in [0.15, 0.2) is 0 Å². The number of ether oxygens (including phenoxy) is 1. The lowest BCUT2D eigenvalue weighted by Gasteiger charge is -2.13. The number of hydrogen-bond donors (Lipinski definition) is 1. The molecular formula is C22H18Cl3NO2S. The first kappa shape index (κ1) is 21.8. The van der Waals surface area contributed by atoms with Crippen LogP contribution in [0, 0.1) is 0 Å². The van der Waals surface area contributed by atoms with Gasteiger partial charge in [-0.25, -0.2) is 0 Å². The summed E-state index contributed by atoms with van der Waals surface area (Å²) in [6.45, 7) is 2.48. The van der Waals surface area contributed by atoms with E-state index in [0.29, 0.717) is 38.7 Å². The van der Waals surface area contributed by atoms with Gasteiger partial charge < -0.3 is 10.1 Å². The summed E-state index contributed by atoms with van der Waals surface area (Å²) in [5, 5.41) is 3.75. The van der Waals surface area contributed by atoms with Crippen LogP contribution in [-0.4, -0.2) is 12.5 Å². The summed E-state index contributed by atoms with van der Waals surface area (Å²) in [6.07, 6.45) is 0. The highest BCUT2D eigenvalue weighted by molar-refractivity contribution is 7.98. The van der Waals surface area contributed by atoms with Crippen molar-refractivity contribution < 1.29 is 9.53 Å². The van der Waals surface area contributed by atoms with E-state index in [0.717, 1.165) is 16.2 Å². The van der Waals surface area contributed by atoms with Crippen LogP contribution in [0.2, 0.25) is 15.1 Å². The molecule has 3 nitrogen and oxygen atoms in total. The molecule has 0 saturated heterocycles. The van der Waals surface area contributed by atoms with E-state index < -0.39 is 0 Å². The number of carbonyl (C=O) groups excluding carboxylic acids is 1. The number of hydrogen-bond acceptors (Lipinski definition) is 3. The summed E-state index contributed by atoms with van der Waals surface area (Å²) >= 11 is 19.8. The standard InChI is InChI=1S/C22H18Cl3NO2S/c1-2-28-21-9-8-14(10-15(21)13-29-16-6-4-3-5-7-16)22(27)26-20-12-18(24)17(23)11-19(20)25/h3-12H,2,13H2,1H3,(H,26,27). The van der Waals surface area contributed by atoms with Gasteiger partial charge in [-0.1, -0.05) is 53.0 Å². The van der Waals surface area contributed by atoms with E-state index >= 15 is 0 Å². The topological polar surface area (TPSA) is 38.3 Å². The van der Waals surface area contributed by atoms with Crippen molar-refractivity contribution >= 4 is 58.2 Å². The van der Waals surface area contributed by atoms with Gasteiger partial charge in [-0.05, 0) is 49.4 Å². The molecule has 1 N–H and O–H groups in total. The van der Waals surface area contributed by atoms with Crippen molar-refractivity contribution in [3.8, 4) is 5.75 Å². The predicted molar refractivity (Wildman–Crippen MR) is 123 cm³/mol. The van der Waals surface area contributed by atoms with E-state index in [1.54, 1.807) is 17.8 Å². The maximum atomic E-state index is 12.8. The van der Waals surface area contributed by atoms with Crippen LogP contribution in [0.5, 0.6) is 5.75 Å². The Morgan fingerprint density at radius 2 is 1.69 bits per heavy atom. The Labute approximate surface area is 189 Å². The molecule has 0 spiro atoms. The van der Waals surface area contributed by atoms with E-state index in [-0.39, 0.29) is 5.91 Å². The molecule has 0 radical (unpaired) electrons. The number of amides is 1. The fraction of sp³-hybridized carbons (Fsp3) is 0.136. The zero-order chi connectivity index (χ0) is 20.8. The molecule has 0 fully saturated rings. The van der Waals surface area contributed by atoms with E-state index in [1.807, 2.05) is 49.4 Å². The molecule has 3 rings (SSSR count). The number of benzene rings is 3. The number of carbonyl (C=O) groups is 1. The molecule has 29 heavy (non-hydrogen) atoms. The molecule has 0 atom stereocenters. The molecule has 0 aliphatic rings. The van der Waals surface area contributed by atoms with Crippen molar-refractivity contribution in [1.82, 2.24) is 0 Å². The number of halogens is 3. The van der Waals surface area contributed by atoms with Crippen molar-refractivity contribution in [2.24, 2.45) is 0 Å². The van der Waals surface area contributed by atoms with Gasteiger partial charge in [-0.2, -0.15) is 0 Å². The Morgan fingerprint density at radius 1 is 0.966 bits per heavy atom. The van der Waals surface area contributed by atoms with Crippen LogP contribution in [-0.2, 0) is 5.75 Å². The third kappa shape index (κ3) is 5.83. The monoisotopic (exact) mass is 465 g/mol. The molecule has 3 aromatic carbocycles. The normalized spacial score (nSPS) is 10.6. The molecule has 0 unspecified atom stereocenters. The maximum absolute atomic E-state index is 12.8. The smallest absolute Gasteiger partial charge is 0.255 e. The van der Waals surface area contributed by atoms with Crippen molar-refractivity contribution in [2.75, 3.05) is 11.9 Å². The largest absolute Gasteiger partial charge is 0.494 e. The van der Waals surface area contributed by atoms with Gasteiger partial charge in [0, 0.05) is 21.8 Å². The molecule has 1 amide bonds. The van der Waals surface area contributed by atoms with Crippen LogP contribution in [0.25, 0.3) is 0 Å². The molecule has 0 saturated carbocycles. The zero-order valence-corrected chi connectivity index (χ0v) is 18.6. The SMILES string of the molecule is CCOc1ccc(C(=O)Nc2cc(Cl)c(Cl)cc2Cl)cc1CSc1ccccc1. The number of thioether (sulfide) groups is 1. The highest BCUT2D eigenvalue weighted by atomic mass is 35.5. The van der Waals surface area contributed by atoms with Gasteiger partial charge in [0.25, 0.3) is 5.91 Å². The number of rotatable bonds is 7. The van der Waals surface area contributed by atoms with Crippen molar-refractivity contribution in [2.45, 2.75) is 17.6 Å². The van der Waals surface area contributed by atoms with Gasteiger partial charge in [0.05, 0.1) is 27.4 Å². The Kier molecular flexibility index (Phi) is 7.73.